The first-order valence-electron chi connectivity index (χ1n) is 11.4. The second-order valence-corrected chi connectivity index (χ2v) is 10.0. The molecule has 0 bridgehead atoms. The minimum absolute atomic E-state index is 0.129. The van der Waals surface area contributed by atoms with E-state index in [1.54, 1.807) is 53.7 Å². The molecule has 1 aromatic heterocycles. The van der Waals surface area contributed by atoms with E-state index in [4.69, 9.17) is 4.74 Å². The number of amides is 3. The summed E-state index contributed by atoms with van der Waals surface area (Å²) >= 11 is 0. The van der Waals surface area contributed by atoms with Crippen LogP contribution in [0.1, 0.15) is 60.5 Å². The zero-order chi connectivity index (χ0) is 26.0. The maximum atomic E-state index is 13.8. The number of pyridine rings is 1. The van der Waals surface area contributed by atoms with Gasteiger partial charge in [-0.25, -0.2) is 14.6 Å². The Labute approximate surface area is 200 Å². The topological polar surface area (TPSA) is 129 Å². The largest absolute Gasteiger partial charge is 0.479 e. The summed E-state index contributed by atoms with van der Waals surface area (Å²) < 4.78 is 5.32. The van der Waals surface area contributed by atoms with Gasteiger partial charge in [-0.2, -0.15) is 0 Å². The molecular weight excluding hydrogens is 440 g/mol. The fraction of sp³-hybridized carbons (Fsp3) is 0.625. The molecule has 0 saturated carbocycles. The van der Waals surface area contributed by atoms with E-state index < -0.39 is 47.1 Å². The van der Waals surface area contributed by atoms with E-state index in [2.05, 4.69) is 10.3 Å². The quantitative estimate of drug-likeness (QED) is 0.619. The summed E-state index contributed by atoms with van der Waals surface area (Å²) in [6.07, 6.45) is 1.13. The standard InChI is InChI=1S/C24H36N4O6/c1-9-24(21(31)32)13-16-11-10-12-25-18(16)28(24)20(30)17(14(2)3)26-19(29)15(4)27(8)22(33)34-23(5,6)7/h10-12,14-15,17H,9,13H2,1-8H3,(H,26,29)(H,31,32)/t15-,17-,24-/m0/s1. The molecule has 10 heteroatoms. The molecule has 2 rings (SSSR count). The van der Waals surface area contributed by atoms with Crippen LogP contribution in [0.15, 0.2) is 18.3 Å². The maximum Gasteiger partial charge on any atom is 0.410 e. The number of hydrogen-bond acceptors (Lipinski definition) is 6. The molecule has 0 radical (unpaired) electrons. The molecule has 34 heavy (non-hydrogen) atoms. The zero-order valence-corrected chi connectivity index (χ0v) is 21.2. The molecule has 3 amide bonds. The number of fused-ring (bicyclic) bond motifs is 1. The number of carbonyl (C=O) groups is 4. The lowest BCUT2D eigenvalue weighted by Gasteiger charge is -2.37. The summed E-state index contributed by atoms with van der Waals surface area (Å²) in [5, 5.41) is 12.8. The van der Waals surface area contributed by atoms with Crippen molar-refractivity contribution >= 4 is 29.7 Å². The molecule has 3 atom stereocenters. The zero-order valence-electron chi connectivity index (χ0n) is 21.2. The second-order valence-electron chi connectivity index (χ2n) is 10.0. The molecule has 1 aromatic rings. The second kappa shape index (κ2) is 9.99. The predicted octanol–water partition coefficient (Wildman–Crippen LogP) is 2.60. The number of nitrogens with zero attached hydrogens (tertiary/aromatic N) is 3. The molecule has 0 fully saturated rings. The average Bonchev–Trinajstić information content (AvgIpc) is 3.10. The van der Waals surface area contributed by atoms with E-state index >= 15 is 0 Å². The number of hydrogen-bond donors (Lipinski definition) is 2. The van der Waals surface area contributed by atoms with Gasteiger partial charge in [0.1, 0.15) is 23.5 Å². The minimum atomic E-state index is -1.50. The van der Waals surface area contributed by atoms with E-state index in [1.807, 2.05) is 0 Å². The van der Waals surface area contributed by atoms with E-state index in [9.17, 15) is 24.3 Å². The third-order valence-electron chi connectivity index (χ3n) is 6.07. The van der Waals surface area contributed by atoms with Crippen molar-refractivity contribution in [2.24, 2.45) is 5.92 Å². The van der Waals surface area contributed by atoms with Crippen molar-refractivity contribution in [3.63, 3.8) is 0 Å². The predicted molar refractivity (Wildman–Crippen MR) is 126 cm³/mol. The van der Waals surface area contributed by atoms with Crippen LogP contribution in [-0.4, -0.2) is 69.1 Å². The first-order valence-corrected chi connectivity index (χ1v) is 11.4. The van der Waals surface area contributed by atoms with Crippen LogP contribution in [0.5, 0.6) is 0 Å². The summed E-state index contributed by atoms with van der Waals surface area (Å²) in [6.45, 7) is 11.9. The summed E-state index contributed by atoms with van der Waals surface area (Å²) in [4.78, 5) is 58.2. The van der Waals surface area contributed by atoms with Gasteiger partial charge in [-0.15, -0.1) is 0 Å². The molecule has 188 valence electrons. The van der Waals surface area contributed by atoms with Gasteiger partial charge >= 0.3 is 12.1 Å². The van der Waals surface area contributed by atoms with Crippen LogP contribution in [0.25, 0.3) is 0 Å². The molecule has 10 nitrogen and oxygen atoms in total. The Morgan fingerprint density at radius 3 is 2.38 bits per heavy atom. The van der Waals surface area contributed by atoms with Crippen molar-refractivity contribution in [3.8, 4) is 0 Å². The van der Waals surface area contributed by atoms with Gasteiger partial charge in [0, 0.05) is 19.7 Å². The van der Waals surface area contributed by atoms with Gasteiger partial charge in [0.25, 0.3) is 5.91 Å². The molecule has 2 heterocycles. The highest BCUT2D eigenvalue weighted by Gasteiger charge is 2.54. The lowest BCUT2D eigenvalue weighted by atomic mass is 9.90. The van der Waals surface area contributed by atoms with Gasteiger partial charge < -0.3 is 15.2 Å². The van der Waals surface area contributed by atoms with Gasteiger partial charge in [0.15, 0.2) is 5.54 Å². The normalized spacial score (nSPS) is 19.3. The van der Waals surface area contributed by atoms with Crippen molar-refractivity contribution in [2.75, 3.05) is 11.9 Å². The Kier molecular flexibility index (Phi) is 7.95. The highest BCUT2D eigenvalue weighted by Crippen LogP contribution is 2.40. The molecule has 0 saturated heterocycles. The molecule has 0 aliphatic carbocycles. The van der Waals surface area contributed by atoms with Gasteiger partial charge in [0.05, 0.1) is 0 Å². The number of carbonyl (C=O) groups excluding carboxylic acids is 3. The highest BCUT2D eigenvalue weighted by atomic mass is 16.6. The van der Waals surface area contributed by atoms with E-state index in [-0.39, 0.29) is 24.6 Å². The molecular formula is C24H36N4O6. The first kappa shape index (κ1) is 27.1. The van der Waals surface area contributed by atoms with Crippen molar-refractivity contribution in [1.82, 2.24) is 15.2 Å². The molecule has 2 N–H and O–H groups in total. The van der Waals surface area contributed by atoms with Crippen molar-refractivity contribution in [2.45, 2.75) is 84.5 Å². The SMILES string of the molecule is CC[C@@]1(C(=O)O)Cc2cccnc2N1C(=O)[C@@H](NC(=O)[C@H](C)N(C)C(=O)OC(C)(C)C)C(C)C. The molecule has 0 unspecified atom stereocenters. The number of rotatable bonds is 7. The Balaban J connectivity index is 2.33. The number of nitrogens with one attached hydrogen (secondary N) is 1. The number of likely N-dealkylation sites (N-methyl/N-ethyl adjacent to an activating group) is 1. The first-order chi connectivity index (χ1) is 15.7. The minimum Gasteiger partial charge on any atom is -0.479 e. The Bertz CT molecular complexity index is 957. The number of aromatic nitrogens is 1. The van der Waals surface area contributed by atoms with Gasteiger partial charge in [0.2, 0.25) is 5.91 Å². The van der Waals surface area contributed by atoms with Crippen LogP contribution in [0.2, 0.25) is 0 Å². The van der Waals surface area contributed by atoms with Gasteiger partial charge in [-0.1, -0.05) is 26.8 Å². The van der Waals surface area contributed by atoms with E-state index in [1.165, 1.54) is 25.1 Å². The number of aliphatic carboxylic acids is 1. The molecule has 0 spiro atoms. The fourth-order valence-electron chi connectivity index (χ4n) is 3.88. The monoisotopic (exact) mass is 476 g/mol. The summed E-state index contributed by atoms with van der Waals surface area (Å²) in [6, 6.07) is 1.50. The number of carboxylic acids is 1. The summed E-state index contributed by atoms with van der Waals surface area (Å²) in [7, 11) is 1.44. The van der Waals surface area contributed by atoms with Crippen LogP contribution in [0.3, 0.4) is 0 Å². The van der Waals surface area contributed by atoms with E-state index in [0.29, 0.717) is 5.56 Å². The smallest absolute Gasteiger partial charge is 0.410 e. The third-order valence-corrected chi connectivity index (χ3v) is 6.07. The van der Waals surface area contributed by atoms with Crippen LogP contribution in [-0.2, 0) is 25.5 Å². The number of carboxylic acid groups (broad SMARTS) is 1. The average molecular weight is 477 g/mol. The fourth-order valence-corrected chi connectivity index (χ4v) is 3.88. The Hall–Kier alpha value is -3.17. The van der Waals surface area contributed by atoms with Gasteiger partial charge in [-0.3, -0.25) is 19.4 Å². The van der Waals surface area contributed by atoms with E-state index in [0.717, 1.165) is 4.90 Å². The van der Waals surface area contributed by atoms with Crippen LogP contribution in [0, 0.1) is 5.92 Å². The Morgan fingerprint density at radius 1 is 1.26 bits per heavy atom. The lowest BCUT2D eigenvalue weighted by molar-refractivity contribution is -0.145. The molecule has 1 aliphatic rings. The highest BCUT2D eigenvalue weighted by molar-refractivity contribution is 6.07. The van der Waals surface area contributed by atoms with Crippen LogP contribution in [0.4, 0.5) is 10.6 Å². The van der Waals surface area contributed by atoms with Crippen molar-refractivity contribution in [3.05, 3.63) is 23.9 Å². The maximum absolute atomic E-state index is 13.8. The molecule has 1 aliphatic heterocycles. The Morgan fingerprint density at radius 2 is 1.88 bits per heavy atom. The lowest BCUT2D eigenvalue weighted by Crippen LogP contribution is -2.62. The number of anilines is 1. The van der Waals surface area contributed by atoms with Crippen molar-refractivity contribution < 1.29 is 29.0 Å². The summed E-state index contributed by atoms with van der Waals surface area (Å²) in [5.74, 6) is -2.31. The van der Waals surface area contributed by atoms with Crippen LogP contribution >= 0.6 is 0 Å². The molecule has 0 aromatic carbocycles. The third kappa shape index (κ3) is 5.31. The van der Waals surface area contributed by atoms with Gasteiger partial charge in [-0.05, 0) is 51.7 Å². The van der Waals surface area contributed by atoms with Crippen molar-refractivity contribution in [1.29, 1.82) is 0 Å². The number of ether oxygens (including phenoxy) is 1. The van der Waals surface area contributed by atoms with Crippen LogP contribution < -0.4 is 10.2 Å². The summed E-state index contributed by atoms with van der Waals surface area (Å²) in [5.41, 5.74) is -1.56.